The molecule has 8 heteroatoms. The zero-order valence-electron chi connectivity index (χ0n) is 20.8. The summed E-state index contributed by atoms with van der Waals surface area (Å²) < 4.78 is 0. The van der Waals surface area contributed by atoms with Crippen molar-refractivity contribution in [2.75, 3.05) is 23.7 Å². The third-order valence-corrected chi connectivity index (χ3v) is 6.52. The largest absolute Gasteiger partial charge is 0.393 e. The molecule has 1 aliphatic heterocycles. The van der Waals surface area contributed by atoms with E-state index in [4.69, 9.17) is 0 Å². The third-order valence-electron chi connectivity index (χ3n) is 6.52. The maximum Gasteiger partial charge on any atom is 0.255 e. The Balaban J connectivity index is 1.20. The van der Waals surface area contributed by atoms with Crippen molar-refractivity contribution in [1.29, 1.82) is 0 Å². The van der Waals surface area contributed by atoms with Gasteiger partial charge in [0.1, 0.15) is 0 Å². The number of aromatic nitrogens is 3. The first-order valence-electron chi connectivity index (χ1n) is 12.5. The summed E-state index contributed by atoms with van der Waals surface area (Å²) in [6.07, 6.45) is 6.67. The minimum absolute atomic E-state index is 0.153. The highest BCUT2D eigenvalue weighted by Gasteiger charge is 2.17. The van der Waals surface area contributed by atoms with Gasteiger partial charge in [0.25, 0.3) is 5.91 Å². The molecule has 0 radical (unpaired) electrons. The molecule has 1 fully saturated rings. The van der Waals surface area contributed by atoms with Crippen molar-refractivity contribution in [2.45, 2.75) is 32.4 Å². The van der Waals surface area contributed by atoms with Crippen LogP contribution >= 0.6 is 0 Å². The molecule has 0 saturated carbocycles. The van der Waals surface area contributed by atoms with Crippen molar-refractivity contribution in [1.82, 2.24) is 19.9 Å². The molecule has 0 unspecified atom stereocenters. The Labute approximate surface area is 216 Å². The average Bonchev–Trinajstić information content (AvgIpc) is 2.92. The molecule has 2 aromatic heterocycles. The van der Waals surface area contributed by atoms with Gasteiger partial charge < -0.3 is 15.7 Å². The van der Waals surface area contributed by atoms with Crippen molar-refractivity contribution in [2.24, 2.45) is 0 Å². The van der Waals surface area contributed by atoms with Crippen molar-refractivity contribution >= 4 is 23.2 Å². The number of likely N-dealkylation sites (tertiary alicyclic amines) is 1. The summed E-state index contributed by atoms with van der Waals surface area (Å²) >= 11 is 0. The summed E-state index contributed by atoms with van der Waals surface area (Å²) in [6, 6.07) is 19.1. The van der Waals surface area contributed by atoms with Gasteiger partial charge in [-0.1, -0.05) is 12.1 Å². The molecule has 8 nitrogen and oxygen atoms in total. The van der Waals surface area contributed by atoms with Gasteiger partial charge in [0.15, 0.2) is 0 Å². The van der Waals surface area contributed by atoms with Gasteiger partial charge in [-0.2, -0.15) is 0 Å². The Morgan fingerprint density at radius 1 is 1.05 bits per heavy atom. The van der Waals surface area contributed by atoms with Crippen LogP contribution in [0.2, 0.25) is 0 Å². The van der Waals surface area contributed by atoms with E-state index in [0.29, 0.717) is 17.2 Å². The van der Waals surface area contributed by atoms with Crippen LogP contribution in [-0.2, 0) is 6.54 Å². The molecular formula is C29H30N6O2. The molecule has 4 aromatic rings. The molecule has 1 saturated heterocycles. The number of carbonyl (C=O) groups excluding carboxylic acids is 1. The number of nitrogens with zero attached hydrogens (tertiary/aromatic N) is 4. The molecule has 3 heterocycles. The summed E-state index contributed by atoms with van der Waals surface area (Å²) in [5.41, 5.74) is 6.00. The van der Waals surface area contributed by atoms with Gasteiger partial charge in [-0.3, -0.25) is 14.7 Å². The van der Waals surface area contributed by atoms with Crippen LogP contribution in [0, 0.1) is 6.92 Å². The molecule has 1 aliphatic rings. The number of nitrogens with one attached hydrogen (secondary N) is 2. The van der Waals surface area contributed by atoms with Crippen LogP contribution in [0.3, 0.4) is 0 Å². The topological polar surface area (TPSA) is 103 Å². The van der Waals surface area contributed by atoms with Crippen LogP contribution in [0.1, 0.15) is 34.3 Å². The van der Waals surface area contributed by atoms with Crippen molar-refractivity contribution < 1.29 is 9.90 Å². The zero-order chi connectivity index (χ0) is 25.6. The number of aliphatic hydroxyl groups is 1. The Morgan fingerprint density at radius 2 is 1.86 bits per heavy atom. The summed E-state index contributed by atoms with van der Waals surface area (Å²) in [7, 11) is 0. The number of carbonyl (C=O) groups is 1. The molecule has 0 atom stereocenters. The van der Waals surface area contributed by atoms with E-state index in [1.165, 1.54) is 0 Å². The van der Waals surface area contributed by atoms with Gasteiger partial charge in [0, 0.05) is 60.7 Å². The van der Waals surface area contributed by atoms with Crippen molar-refractivity contribution in [3.63, 3.8) is 0 Å². The minimum atomic E-state index is -0.173. The summed E-state index contributed by atoms with van der Waals surface area (Å²) in [5.74, 6) is 0.335. The van der Waals surface area contributed by atoms with Crippen LogP contribution in [0.25, 0.3) is 11.3 Å². The highest BCUT2D eigenvalue weighted by Crippen LogP contribution is 2.24. The normalized spacial score (nSPS) is 14.3. The second-order valence-electron chi connectivity index (χ2n) is 9.32. The monoisotopic (exact) mass is 494 g/mol. The van der Waals surface area contributed by atoms with Gasteiger partial charge in [-0.05, 0) is 79.4 Å². The molecule has 5 rings (SSSR count). The third kappa shape index (κ3) is 6.35. The second-order valence-corrected chi connectivity index (χ2v) is 9.32. The number of anilines is 3. The predicted molar refractivity (Wildman–Crippen MR) is 145 cm³/mol. The standard InChI is InChI=1S/C29H30N6O2/c1-20-17-24(8-9-26(20)33-29-31-14-10-27(34-29)23-3-2-13-30-18-23)32-28(37)22-6-4-21(5-7-22)19-35-15-11-25(36)12-16-35/h2-10,13-14,17-18,25,36H,11-12,15-16,19H2,1H3,(H,32,37)(H,31,33,34). The van der Waals surface area contributed by atoms with E-state index in [0.717, 1.165) is 60.5 Å². The molecule has 188 valence electrons. The fourth-order valence-electron chi connectivity index (χ4n) is 4.40. The van der Waals surface area contributed by atoms with Gasteiger partial charge in [0.2, 0.25) is 5.95 Å². The van der Waals surface area contributed by atoms with E-state index in [-0.39, 0.29) is 12.0 Å². The number of piperidine rings is 1. The molecule has 0 spiro atoms. The highest BCUT2D eigenvalue weighted by molar-refractivity contribution is 6.04. The zero-order valence-corrected chi connectivity index (χ0v) is 20.8. The van der Waals surface area contributed by atoms with E-state index in [1.54, 1.807) is 18.6 Å². The lowest BCUT2D eigenvalue weighted by Gasteiger charge is -2.29. The number of aliphatic hydroxyl groups excluding tert-OH is 1. The number of hydrogen-bond acceptors (Lipinski definition) is 7. The first-order valence-corrected chi connectivity index (χ1v) is 12.5. The summed E-state index contributed by atoms with van der Waals surface area (Å²) in [5, 5.41) is 15.9. The van der Waals surface area contributed by atoms with Gasteiger partial charge >= 0.3 is 0 Å². The van der Waals surface area contributed by atoms with E-state index in [9.17, 15) is 9.90 Å². The number of hydrogen-bond donors (Lipinski definition) is 3. The predicted octanol–water partition coefficient (Wildman–Crippen LogP) is 4.80. The van der Waals surface area contributed by atoms with Crippen molar-refractivity contribution in [3.05, 3.63) is 95.9 Å². The Hall–Kier alpha value is -4.14. The smallest absolute Gasteiger partial charge is 0.255 e. The quantitative estimate of drug-likeness (QED) is 0.339. The Morgan fingerprint density at radius 3 is 2.59 bits per heavy atom. The van der Waals surface area contributed by atoms with E-state index in [2.05, 4.69) is 30.5 Å². The number of benzene rings is 2. The molecule has 3 N–H and O–H groups in total. The molecule has 0 bridgehead atoms. The maximum absolute atomic E-state index is 12.8. The van der Waals surface area contributed by atoms with E-state index < -0.39 is 0 Å². The Kier molecular flexibility index (Phi) is 7.49. The first-order chi connectivity index (χ1) is 18.0. The van der Waals surface area contributed by atoms with Crippen molar-refractivity contribution in [3.8, 4) is 11.3 Å². The lowest BCUT2D eigenvalue weighted by molar-refractivity contribution is 0.0792. The van der Waals surface area contributed by atoms with Gasteiger partial charge in [0.05, 0.1) is 11.8 Å². The van der Waals surface area contributed by atoms with Crippen LogP contribution in [0.15, 0.2) is 79.3 Å². The first kappa shape index (κ1) is 24.5. The maximum atomic E-state index is 12.8. The minimum Gasteiger partial charge on any atom is -0.393 e. The Bertz CT molecular complexity index is 1350. The number of rotatable bonds is 7. The van der Waals surface area contributed by atoms with Gasteiger partial charge in [-0.15, -0.1) is 0 Å². The molecule has 1 amide bonds. The fourth-order valence-corrected chi connectivity index (χ4v) is 4.40. The van der Waals surface area contributed by atoms with E-state index in [1.807, 2.05) is 67.6 Å². The van der Waals surface area contributed by atoms with Crippen LogP contribution in [0.5, 0.6) is 0 Å². The molecule has 0 aliphatic carbocycles. The van der Waals surface area contributed by atoms with E-state index >= 15 is 0 Å². The number of aryl methyl sites for hydroxylation is 1. The second kappa shape index (κ2) is 11.3. The lowest BCUT2D eigenvalue weighted by atomic mass is 10.1. The van der Waals surface area contributed by atoms with Gasteiger partial charge in [-0.25, -0.2) is 9.97 Å². The van der Waals surface area contributed by atoms with Crippen LogP contribution < -0.4 is 10.6 Å². The van der Waals surface area contributed by atoms with Crippen LogP contribution in [0.4, 0.5) is 17.3 Å². The lowest BCUT2D eigenvalue weighted by Crippen LogP contribution is -2.35. The summed E-state index contributed by atoms with van der Waals surface area (Å²) in [6.45, 7) is 4.60. The molecule has 2 aromatic carbocycles. The fraction of sp³-hybridized carbons (Fsp3) is 0.241. The van der Waals surface area contributed by atoms with Crippen LogP contribution in [-0.4, -0.2) is 50.1 Å². The molecule has 37 heavy (non-hydrogen) atoms. The number of pyridine rings is 1. The average molecular weight is 495 g/mol. The SMILES string of the molecule is Cc1cc(NC(=O)c2ccc(CN3CCC(O)CC3)cc2)ccc1Nc1nccc(-c2cccnc2)n1. The highest BCUT2D eigenvalue weighted by atomic mass is 16.3. The number of amides is 1. The molecular weight excluding hydrogens is 464 g/mol. The summed E-state index contributed by atoms with van der Waals surface area (Å²) in [4.78, 5) is 28.2.